The van der Waals surface area contributed by atoms with Crippen LogP contribution in [0.25, 0.3) is 0 Å². The zero-order valence-electron chi connectivity index (χ0n) is 18.5. The maximum Gasteiger partial charge on any atom is 0.416 e. The summed E-state index contributed by atoms with van der Waals surface area (Å²) in [6.45, 7) is 2.80. The van der Waals surface area contributed by atoms with Crippen LogP contribution in [0.5, 0.6) is 0 Å². The van der Waals surface area contributed by atoms with Crippen LogP contribution in [0.3, 0.4) is 0 Å². The summed E-state index contributed by atoms with van der Waals surface area (Å²) in [6, 6.07) is 9.93. The first-order valence-electron chi connectivity index (χ1n) is 10.8. The van der Waals surface area contributed by atoms with Crippen LogP contribution in [0, 0.1) is 6.92 Å². The van der Waals surface area contributed by atoms with Crippen molar-refractivity contribution in [1.82, 2.24) is 9.21 Å². The molecule has 2 saturated heterocycles. The second kappa shape index (κ2) is 8.94. The molecule has 0 radical (unpaired) electrons. The van der Waals surface area contributed by atoms with E-state index in [4.69, 9.17) is 0 Å². The molecule has 11 heteroatoms. The van der Waals surface area contributed by atoms with Gasteiger partial charge >= 0.3 is 6.18 Å². The summed E-state index contributed by atoms with van der Waals surface area (Å²) in [6.07, 6.45) is -4.41. The van der Waals surface area contributed by atoms with E-state index in [0.29, 0.717) is 23.1 Å². The number of alkyl halides is 3. The molecule has 4 rings (SSSR count). The summed E-state index contributed by atoms with van der Waals surface area (Å²) in [5.41, 5.74) is 0.518. The van der Waals surface area contributed by atoms with Crippen LogP contribution in [-0.2, 0) is 25.8 Å². The minimum absolute atomic E-state index is 0.0499. The van der Waals surface area contributed by atoms with Crippen LogP contribution in [0.15, 0.2) is 53.4 Å². The molecule has 7 nitrogen and oxygen atoms in total. The summed E-state index contributed by atoms with van der Waals surface area (Å²) < 4.78 is 66.1. The number of anilines is 1. The lowest BCUT2D eigenvalue weighted by Gasteiger charge is -2.38. The van der Waals surface area contributed by atoms with Crippen molar-refractivity contribution >= 4 is 27.5 Å². The molecule has 2 amide bonds. The maximum atomic E-state index is 13.2. The molecule has 0 aliphatic carbocycles. The molecular weight excluding hydrogens is 471 g/mol. The van der Waals surface area contributed by atoms with Crippen LogP contribution in [0.4, 0.5) is 18.9 Å². The van der Waals surface area contributed by atoms with Gasteiger partial charge in [-0.15, -0.1) is 0 Å². The minimum atomic E-state index is -4.45. The molecule has 0 unspecified atom stereocenters. The number of piperazine rings is 1. The summed E-state index contributed by atoms with van der Waals surface area (Å²) in [5.74, 6) is -1.09. The number of amides is 2. The molecule has 2 aromatic carbocycles. The second-order valence-electron chi connectivity index (χ2n) is 8.42. The third kappa shape index (κ3) is 4.61. The van der Waals surface area contributed by atoms with Gasteiger partial charge in [-0.25, -0.2) is 12.7 Å². The number of aryl methyl sites for hydroxylation is 1. The Labute approximate surface area is 195 Å². The number of benzene rings is 2. The second-order valence-corrected chi connectivity index (χ2v) is 10.2. The smallest absolute Gasteiger partial charge is 0.368 e. The number of hydrogen-bond donors (Lipinski definition) is 0. The van der Waals surface area contributed by atoms with Crippen molar-refractivity contribution in [3.63, 3.8) is 0 Å². The van der Waals surface area contributed by atoms with E-state index < -0.39 is 39.6 Å². The Kier molecular flexibility index (Phi) is 6.32. The van der Waals surface area contributed by atoms with E-state index in [-0.39, 0.29) is 30.8 Å². The van der Waals surface area contributed by atoms with Crippen molar-refractivity contribution < 1.29 is 31.2 Å². The van der Waals surface area contributed by atoms with Gasteiger partial charge in [0.1, 0.15) is 6.04 Å². The molecule has 0 aromatic heterocycles. The number of rotatable bonds is 4. The standard InChI is InChI=1S/C23H24F3N3O4S/c1-16-5-7-19(8-6-16)34(32,33)29-20(9-10-21(29)30)22(31)28-13-11-27(12-14-28)18-4-2-3-17(15-18)23(24,25)26/h2-8,15,20H,9-14H2,1H3/t20-/m0/s1. The molecule has 182 valence electrons. The van der Waals surface area contributed by atoms with Crippen molar-refractivity contribution in [3.8, 4) is 0 Å². The van der Waals surface area contributed by atoms with Gasteiger partial charge in [-0.05, 0) is 43.7 Å². The van der Waals surface area contributed by atoms with E-state index in [1.807, 2.05) is 6.92 Å². The van der Waals surface area contributed by atoms with Gasteiger partial charge in [0.05, 0.1) is 10.5 Å². The Balaban J connectivity index is 1.47. The Hall–Kier alpha value is -3.08. The van der Waals surface area contributed by atoms with Crippen molar-refractivity contribution in [2.24, 2.45) is 0 Å². The van der Waals surface area contributed by atoms with Crippen molar-refractivity contribution in [3.05, 3.63) is 59.7 Å². The van der Waals surface area contributed by atoms with Gasteiger partial charge < -0.3 is 9.80 Å². The lowest BCUT2D eigenvalue weighted by Crippen LogP contribution is -2.55. The summed E-state index contributed by atoms with van der Waals surface area (Å²) in [4.78, 5) is 28.9. The van der Waals surface area contributed by atoms with Gasteiger partial charge in [-0.3, -0.25) is 9.59 Å². The first-order valence-corrected chi connectivity index (χ1v) is 12.3. The highest BCUT2D eigenvalue weighted by Crippen LogP contribution is 2.32. The normalized spacial score (nSPS) is 19.6. The molecule has 0 spiro atoms. The van der Waals surface area contributed by atoms with E-state index in [0.717, 1.165) is 17.7 Å². The summed E-state index contributed by atoms with van der Waals surface area (Å²) in [5, 5.41) is 0. The Bertz CT molecular complexity index is 1190. The first kappa shape index (κ1) is 24.1. The number of carbonyl (C=O) groups excluding carboxylic acids is 2. The highest BCUT2D eigenvalue weighted by molar-refractivity contribution is 7.89. The van der Waals surface area contributed by atoms with Gasteiger partial charge in [0.25, 0.3) is 10.0 Å². The Morgan fingerprint density at radius 2 is 1.65 bits per heavy atom. The van der Waals surface area contributed by atoms with Gasteiger partial charge in [0, 0.05) is 38.3 Å². The molecule has 2 heterocycles. The predicted octanol–water partition coefficient (Wildman–Crippen LogP) is 3.04. The molecule has 2 fully saturated rings. The topological polar surface area (TPSA) is 78.0 Å². The van der Waals surface area contributed by atoms with Gasteiger partial charge in [-0.2, -0.15) is 13.2 Å². The lowest BCUT2D eigenvalue weighted by molar-refractivity contribution is -0.138. The van der Waals surface area contributed by atoms with Crippen LogP contribution in [0.2, 0.25) is 0 Å². The van der Waals surface area contributed by atoms with Crippen molar-refractivity contribution in [2.45, 2.75) is 36.9 Å². The zero-order valence-corrected chi connectivity index (χ0v) is 19.3. The van der Waals surface area contributed by atoms with E-state index in [2.05, 4.69) is 0 Å². The fourth-order valence-corrected chi connectivity index (χ4v) is 5.88. The van der Waals surface area contributed by atoms with E-state index in [9.17, 15) is 31.2 Å². The fraction of sp³-hybridized carbons (Fsp3) is 0.391. The average molecular weight is 496 g/mol. The zero-order chi connectivity index (χ0) is 24.7. The fourth-order valence-electron chi connectivity index (χ4n) is 4.29. The van der Waals surface area contributed by atoms with Crippen LogP contribution in [-0.4, -0.2) is 61.7 Å². The summed E-state index contributed by atoms with van der Waals surface area (Å²) in [7, 11) is -4.19. The lowest BCUT2D eigenvalue weighted by atomic mass is 10.1. The van der Waals surface area contributed by atoms with Crippen molar-refractivity contribution in [2.75, 3.05) is 31.1 Å². The monoisotopic (exact) mass is 495 g/mol. The molecular formula is C23H24F3N3O4S. The number of hydrogen-bond acceptors (Lipinski definition) is 5. The van der Waals surface area contributed by atoms with Crippen LogP contribution < -0.4 is 4.90 Å². The summed E-state index contributed by atoms with van der Waals surface area (Å²) >= 11 is 0. The van der Waals surface area contributed by atoms with E-state index >= 15 is 0 Å². The molecule has 2 aliphatic rings. The highest BCUT2D eigenvalue weighted by atomic mass is 32.2. The van der Waals surface area contributed by atoms with E-state index in [1.165, 1.54) is 23.1 Å². The number of halogens is 3. The molecule has 0 bridgehead atoms. The Morgan fingerprint density at radius 1 is 1.00 bits per heavy atom. The molecule has 2 aromatic rings. The quantitative estimate of drug-likeness (QED) is 0.652. The third-order valence-corrected chi connectivity index (χ3v) is 8.00. The third-order valence-electron chi connectivity index (χ3n) is 6.15. The maximum absolute atomic E-state index is 13.2. The predicted molar refractivity (Wildman–Crippen MR) is 118 cm³/mol. The largest absolute Gasteiger partial charge is 0.416 e. The first-order chi connectivity index (χ1) is 16.0. The Morgan fingerprint density at radius 3 is 2.26 bits per heavy atom. The molecule has 0 N–H and O–H groups in total. The van der Waals surface area contributed by atoms with Gasteiger partial charge in [0.2, 0.25) is 11.8 Å². The SMILES string of the molecule is Cc1ccc(S(=O)(=O)N2C(=O)CC[C@H]2C(=O)N2CCN(c3cccc(C(F)(F)F)c3)CC2)cc1. The molecule has 2 aliphatic heterocycles. The number of sulfonamides is 1. The minimum Gasteiger partial charge on any atom is -0.368 e. The van der Waals surface area contributed by atoms with Gasteiger partial charge in [-0.1, -0.05) is 23.8 Å². The molecule has 34 heavy (non-hydrogen) atoms. The number of nitrogens with zero attached hydrogens (tertiary/aromatic N) is 3. The van der Waals surface area contributed by atoms with Crippen LogP contribution >= 0.6 is 0 Å². The average Bonchev–Trinajstić information content (AvgIpc) is 3.21. The number of carbonyl (C=O) groups is 2. The van der Waals surface area contributed by atoms with Crippen molar-refractivity contribution in [1.29, 1.82) is 0 Å². The van der Waals surface area contributed by atoms with Crippen LogP contribution in [0.1, 0.15) is 24.0 Å². The highest BCUT2D eigenvalue weighted by Gasteiger charge is 2.46. The van der Waals surface area contributed by atoms with Gasteiger partial charge in [0.15, 0.2) is 0 Å². The van der Waals surface area contributed by atoms with E-state index in [1.54, 1.807) is 23.1 Å². The molecule has 1 atom stereocenters. The molecule has 0 saturated carbocycles.